The van der Waals surface area contributed by atoms with Crippen LogP contribution in [0.25, 0.3) is 0 Å². The summed E-state index contributed by atoms with van der Waals surface area (Å²) in [6.45, 7) is 6.16. The fourth-order valence-corrected chi connectivity index (χ4v) is 3.86. The van der Waals surface area contributed by atoms with Crippen molar-refractivity contribution in [2.75, 3.05) is 18.0 Å². The van der Waals surface area contributed by atoms with Gasteiger partial charge in [-0.25, -0.2) is 0 Å². The van der Waals surface area contributed by atoms with E-state index in [0.29, 0.717) is 17.0 Å². The van der Waals surface area contributed by atoms with Crippen LogP contribution in [0.4, 0.5) is 5.69 Å². The molecule has 1 aliphatic rings. The Labute approximate surface area is 172 Å². The van der Waals surface area contributed by atoms with Gasteiger partial charge in [0.1, 0.15) is 5.75 Å². The van der Waals surface area contributed by atoms with Crippen LogP contribution >= 0.6 is 11.6 Å². The number of halogens is 1. The molecule has 1 aliphatic heterocycles. The molecule has 0 aliphatic carbocycles. The van der Waals surface area contributed by atoms with Crippen molar-refractivity contribution >= 4 is 23.2 Å². The molecule has 0 bridgehead atoms. The van der Waals surface area contributed by atoms with Crippen LogP contribution in [0.1, 0.15) is 49.0 Å². The van der Waals surface area contributed by atoms with Gasteiger partial charge in [-0.1, -0.05) is 37.6 Å². The number of anilines is 1. The summed E-state index contributed by atoms with van der Waals surface area (Å²) in [5.41, 5.74) is 2.69. The lowest BCUT2D eigenvalue weighted by atomic mass is 9.95. The molecule has 150 valence electrons. The highest BCUT2D eigenvalue weighted by Crippen LogP contribution is 2.27. The minimum absolute atomic E-state index is 0.00905. The van der Waals surface area contributed by atoms with E-state index >= 15 is 0 Å². The lowest BCUT2D eigenvalue weighted by Crippen LogP contribution is -2.41. The molecule has 0 aromatic heterocycles. The van der Waals surface area contributed by atoms with Crippen molar-refractivity contribution in [1.82, 2.24) is 5.32 Å². The summed E-state index contributed by atoms with van der Waals surface area (Å²) in [4.78, 5) is 15.5. The van der Waals surface area contributed by atoms with E-state index < -0.39 is 0 Å². The molecule has 2 aromatic rings. The van der Waals surface area contributed by atoms with Crippen molar-refractivity contribution in [1.29, 1.82) is 0 Å². The third-order valence-electron chi connectivity index (χ3n) is 5.41. The predicted molar refractivity (Wildman–Crippen MR) is 115 cm³/mol. The van der Waals surface area contributed by atoms with Crippen molar-refractivity contribution < 1.29 is 9.90 Å². The van der Waals surface area contributed by atoms with Gasteiger partial charge >= 0.3 is 0 Å². The summed E-state index contributed by atoms with van der Waals surface area (Å²) in [5.74, 6) is 0.440. The number of benzene rings is 2. The molecule has 0 radical (unpaired) electrons. The van der Waals surface area contributed by atoms with Crippen molar-refractivity contribution in [3.63, 3.8) is 0 Å². The van der Waals surface area contributed by atoms with E-state index in [2.05, 4.69) is 24.1 Å². The standard InChI is InChI=1S/C23H29ClN2O2/c1-16(2)21(14-17-6-9-19(27)10-7-17)25-23(28)20-15-18(24)8-11-22(20)26-12-4-3-5-13-26/h6-11,15-16,21,27H,3-5,12-14H2,1-2H3,(H,25,28). The monoisotopic (exact) mass is 400 g/mol. The van der Waals surface area contributed by atoms with Crippen LogP contribution in [0.15, 0.2) is 42.5 Å². The summed E-state index contributed by atoms with van der Waals surface area (Å²) >= 11 is 6.22. The second kappa shape index (κ2) is 9.33. The van der Waals surface area contributed by atoms with Gasteiger partial charge in [0.25, 0.3) is 5.91 Å². The third-order valence-corrected chi connectivity index (χ3v) is 5.65. The average Bonchev–Trinajstić information content (AvgIpc) is 2.69. The molecule has 28 heavy (non-hydrogen) atoms. The number of piperidine rings is 1. The average molecular weight is 401 g/mol. The Hall–Kier alpha value is -2.20. The molecule has 1 unspecified atom stereocenters. The number of carbonyl (C=O) groups excluding carboxylic acids is 1. The van der Waals surface area contributed by atoms with E-state index in [9.17, 15) is 9.90 Å². The zero-order chi connectivity index (χ0) is 20.1. The summed E-state index contributed by atoms with van der Waals surface area (Å²) in [7, 11) is 0. The summed E-state index contributed by atoms with van der Waals surface area (Å²) < 4.78 is 0. The van der Waals surface area contributed by atoms with E-state index in [-0.39, 0.29) is 23.6 Å². The molecule has 1 fully saturated rings. The van der Waals surface area contributed by atoms with Crippen LogP contribution in [0.3, 0.4) is 0 Å². The topological polar surface area (TPSA) is 52.6 Å². The molecular formula is C23H29ClN2O2. The molecule has 1 amide bonds. The molecule has 2 aromatic carbocycles. The number of phenolic OH excluding ortho intramolecular Hbond substituents is 1. The van der Waals surface area contributed by atoms with Crippen molar-refractivity contribution in [3.05, 3.63) is 58.6 Å². The lowest BCUT2D eigenvalue weighted by molar-refractivity contribution is 0.0926. The molecule has 1 heterocycles. The maximum Gasteiger partial charge on any atom is 0.253 e. The van der Waals surface area contributed by atoms with E-state index in [0.717, 1.165) is 37.2 Å². The number of nitrogens with one attached hydrogen (secondary N) is 1. The number of nitrogens with zero attached hydrogens (tertiary/aromatic N) is 1. The Morgan fingerprint density at radius 1 is 1.11 bits per heavy atom. The highest BCUT2D eigenvalue weighted by molar-refractivity contribution is 6.31. The molecule has 0 saturated carbocycles. The predicted octanol–water partition coefficient (Wildman–Crippen LogP) is 5.03. The first-order chi connectivity index (χ1) is 13.4. The molecule has 3 rings (SSSR count). The SMILES string of the molecule is CC(C)C(Cc1ccc(O)cc1)NC(=O)c1cc(Cl)ccc1N1CCCCC1. The quantitative estimate of drug-likeness (QED) is 0.714. The number of hydrogen-bond donors (Lipinski definition) is 2. The van der Waals surface area contributed by atoms with Crippen molar-refractivity contribution in [3.8, 4) is 5.75 Å². The largest absolute Gasteiger partial charge is 0.508 e. The first-order valence-corrected chi connectivity index (χ1v) is 10.4. The maximum atomic E-state index is 13.2. The van der Waals surface area contributed by atoms with Crippen molar-refractivity contribution in [2.24, 2.45) is 5.92 Å². The Balaban J connectivity index is 1.79. The number of phenols is 1. The van der Waals surface area contributed by atoms with Gasteiger partial charge in [0, 0.05) is 29.8 Å². The second-order valence-corrected chi connectivity index (χ2v) is 8.34. The molecule has 1 saturated heterocycles. The number of carbonyl (C=O) groups is 1. The highest BCUT2D eigenvalue weighted by atomic mass is 35.5. The van der Waals surface area contributed by atoms with Gasteiger partial charge in [0.2, 0.25) is 0 Å². The molecule has 1 atom stereocenters. The van der Waals surface area contributed by atoms with Gasteiger partial charge in [-0.15, -0.1) is 0 Å². The highest BCUT2D eigenvalue weighted by Gasteiger charge is 2.23. The van der Waals surface area contributed by atoms with Gasteiger partial charge in [-0.3, -0.25) is 4.79 Å². The Kier molecular flexibility index (Phi) is 6.84. The number of hydrogen-bond acceptors (Lipinski definition) is 3. The van der Waals surface area contributed by atoms with Gasteiger partial charge in [-0.2, -0.15) is 0 Å². The fraction of sp³-hybridized carbons (Fsp3) is 0.435. The minimum atomic E-state index is -0.0828. The van der Waals surface area contributed by atoms with Gasteiger partial charge in [0.05, 0.1) is 5.56 Å². The second-order valence-electron chi connectivity index (χ2n) is 7.90. The zero-order valence-corrected chi connectivity index (χ0v) is 17.4. The van der Waals surface area contributed by atoms with Crippen LogP contribution in [-0.2, 0) is 6.42 Å². The van der Waals surface area contributed by atoms with Gasteiger partial charge in [-0.05, 0) is 67.5 Å². The molecular weight excluding hydrogens is 372 g/mol. The zero-order valence-electron chi connectivity index (χ0n) is 16.6. The smallest absolute Gasteiger partial charge is 0.253 e. The third kappa shape index (κ3) is 5.20. The van der Waals surface area contributed by atoms with Crippen molar-refractivity contribution in [2.45, 2.75) is 45.6 Å². The number of amides is 1. The van der Waals surface area contributed by atoms with Gasteiger partial charge < -0.3 is 15.3 Å². The van der Waals surface area contributed by atoms with Crippen LogP contribution in [0.5, 0.6) is 5.75 Å². The van der Waals surface area contributed by atoms with E-state index in [4.69, 9.17) is 11.6 Å². The van der Waals surface area contributed by atoms with E-state index in [1.807, 2.05) is 24.3 Å². The van der Waals surface area contributed by atoms with E-state index in [1.54, 1.807) is 18.2 Å². The fourth-order valence-electron chi connectivity index (χ4n) is 3.69. The number of rotatable bonds is 6. The Morgan fingerprint density at radius 3 is 2.43 bits per heavy atom. The Bertz CT molecular complexity index is 799. The molecule has 0 spiro atoms. The molecule has 4 nitrogen and oxygen atoms in total. The first kappa shape index (κ1) is 20.5. The summed E-state index contributed by atoms with van der Waals surface area (Å²) in [5, 5.41) is 13.3. The Morgan fingerprint density at radius 2 is 1.79 bits per heavy atom. The first-order valence-electron chi connectivity index (χ1n) is 10.1. The maximum absolute atomic E-state index is 13.2. The van der Waals surface area contributed by atoms with E-state index in [1.165, 1.54) is 6.42 Å². The van der Waals surface area contributed by atoms with Crippen LogP contribution in [0, 0.1) is 5.92 Å². The number of aromatic hydroxyl groups is 1. The minimum Gasteiger partial charge on any atom is -0.508 e. The molecule has 5 heteroatoms. The summed E-state index contributed by atoms with van der Waals surface area (Å²) in [6, 6.07) is 12.7. The molecule has 2 N–H and O–H groups in total. The lowest BCUT2D eigenvalue weighted by Gasteiger charge is -2.31. The summed E-state index contributed by atoms with van der Waals surface area (Å²) in [6.07, 6.45) is 4.26. The van der Waals surface area contributed by atoms with Crippen LogP contribution in [-0.4, -0.2) is 30.1 Å². The van der Waals surface area contributed by atoms with Crippen LogP contribution in [0.2, 0.25) is 5.02 Å². The van der Waals surface area contributed by atoms with Crippen LogP contribution < -0.4 is 10.2 Å². The van der Waals surface area contributed by atoms with Gasteiger partial charge in [0.15, 0.2) is 0 Å². The normalized spacial score (nSPS) is 15.5.